The minimum Gasteiger partial charge on any atom is -0.484 e. The van der Waals surface area contributed by atoms with E-state index in [0.29, 0.717) is 22.3 Å². The summed E-state index contributed by atoms with van der Waals surface area (Å²) in [6.07, 6.45) is 1.37. The number of nitriles is 2. The molecule has 0 unspecified atom stereocenters. The molecule has 1 aromatic carbocycles. The summed E-state index contributed by atoms with van der Waals surface area (Å²) in [6.45, 7) is 0.198. The van der Waals surface area contributed by atoms with Crippen LogP contribution in [0.4, 0.5) is 0 Å². The number of halogens is 2. The lowest BCUT2D eigenvalue weighted by Crippen LogP contribution is -1.94. The number of benzene rings is 1. The van der Waals surface area contributed by atoms with E-state index in [1.165, 1.54) is 6.08 Å². The average Bonchev–Trinajstić information content (AvgIpc) is 2.91. The highest BCUT2D eigenvalue weighted by atomic mass is 79.9. The fraction of sp³-hybridized carbons (Fsp3) is 0.0667. The number of hydrogen-bond donors (Lipinski definition) is 0. The van der Waals surface area contributed by atoms with Crippen molar-refractivity contribution in [1.82, 2.24) is 0 Å². The molecule has 0 N–H and O–H groups in total. The monoisotopic (exact) mass is 362 g/mol. The molecular weight excluding hydrogens is 356 g/mol. The van der Waals surface area contributed by atoms with Crippen molar-refractivity contribution in [3.63, 3.8) is 0 Å². The van der Waals surface area contributed by atoms with Crippen LogP contribution in [-0.2, 0) is 6.61 Å². The number of rotatable bonds is 4. The fourth-order valence-electron chi connectivity index (χ4n) is 1.52. The lowest BCUT2D eigenvalue weighted by molar-refractivity contribution is 0.269. The van der Waals surface area contributed by atoms with E-state index in [0.717, 1.165) is 4.47 Å². The predicted molar refractivity (Wildman–Crippen MR) is 81.4 cm³/mol. The second-order valence-corrected chi connectivity index (χ2v) is 5.27. The first-order chi connectivity index (χ1) is 10.1. The third kappa shape index (κ3) is 4.13. The Morgan fingerprint density at radius 2 is 2.05 bits per heavy atom. The maximum absolute atomic E-state index is 8.67. The van der Waals surface area contributed by atoms with Crippen LogP contribution in [0.15, 0.2) is 44.8 Å². The second-order valence-electron chi connectivity index (χ2n) is 3.95. The first kappa shape index (κ1) is 15.2. The summed E-state index contributed by atoms with van der Waals surface area (Å²) < 4.78 is 11.9. The minimum absolute atomic E-state index is 0.0206. The van der Waals surface area contributed by atoms with Gasteiger partial charge in [0.15, 0.2) is 0 Å². The van der Waals surface area contributed by atoms with Gasteiger partial charge in [0.2, 0.25) is 0 Å². The molecule has 4 nitrogen and oxygen atoms in total. The number of furan rings is 1. The fourth-order valence-corrected chi connectivity index (χ4v) is 2.25. The molecule has 0 fully saturated rings. The van der Waals surface area contributed by atoms with Gasteiger partial charge in [-0.15, -0.1) is 0 Å². The van der Waals surface area contributed by atoms with Crippen molar-refractivity contribution in [3.8, 4) is 17.9 Å². The quantitative estimate of drug-likeness (QED) is 0.738. The minimum atomic E-state index is -0.0206. The van der Waals surface area contributed by atoms with E-state index in [-0.39, 0.29) is 12.2 Å². The Balaban J connectivity index is 2.05. The number of allylic oxidation sites excluding steroid dienone is 1. The normalized spacial score (nSPS) is 9.52. The molecule has 0 aliphatic heterocycles. The number of ether oxygens (including phenoxy) is 1. The molecule has 0 radical (unpaired) electrons. The molecule has 2 aromatic rings. The summed E-state index contributed by atoms with van der Waals surface area (Å²) in [4.78, 5) is 0. The van der Waals surface area contributed by atoms with Gasteiger partial charge in [0.05, 0.1) is 5.02 Å². The SMILES string of the molecule is N#CC(C#N)=Cc1ccc(COc2ccc(Br)cc2Cl)o1. The van der Waals surface area contributed by atoms with Gasteiger partial charge in [0, 0.05) is 10.5 Å². The number of nitrogens with zero attached hydrogens (tertiary/aromatic N) is 2. The van der Waals surface area contributed by atoms with E-state index in [1.54, 1.807) is 36.4 Å². The summed E-state index contributed by atoms with van der Waals surface area (Å²) in [7, 11) is 0. The summed E-state index contributed by atoms with van der Waals surface area (Å²) in [5.74, 6) is 1.53. The Labute approximate surface area is 134 Å². The van der Waals surface area contributed by atoms with Gasteiger partial charge in [-0.3, -0.25) is 0 Å². The van der Waals surface area contributed by atoms with Gasteiger partial charge in [0.25, 0.3) is 0 Å². The zero-order valence-corrected chi connectivity index (χ0v) is 13.0. The molecule has 1 heterocycles. The highest BCUT2D eigenvalue weighted by molar-refractivity contribution is 9.10. The molecule has 0 bridgehead atoms. The molecule has 0 saturated heterocycles. The Kier molecular flexibility index (Phi) is 5.05. The molecule has 0 saturated carbocycles. The standard InChI is InChI=1S/C15H8BrClN2O2/c16-11-1-4-15(14(17)6-11)20-9-13-3-2-12(21-13)5-10(7-18)8-19/h1-6H,9H2. The molecule has 1 aromatic heterocycles. The van der Waals surface area contributed by atoms with Crippen molar-refractivity contribution in [2.45, 2.75) is 6.61 Å². The van der Waals surface area contributed by atoms with Crippen molar-refractivity contribution < 1.29 is 9.15 Å². The van der Waals surface area contributed by atoms with Gasteiger partial charge < -0.3 is 9.15 Å². The van der Waals surface area contributed by atoms with Gasteiger partial charge >= 0.3 is 0 Å². The maximum atomic E-state index is 8.67. The highest BCUT2D eigenvalue weighted by Gasteiger charge is 2.06. The van der Waals surface area contributed by atoms with E-state index in [1.807, 2.05) is 6.07 Å². The number of hydrogen-bond acceptors (Lipinski definition) is 4. The molecule has 0 aliphatic carbocycles. The van der Waals surface area contributed by atoms with E-state index in [4.69, 9.17) is 31.3 Å². The van der Waals surface area contributed by atoms with Gasteiger partial charge in [-0.05, 0) is 30.3 Å². The van der Waals surface area contributed by atoms with Crippen LogP contribution in [0.25, 0.3) is 6.08 Å². The molecule has 104 valence electrons. The third-order valence-electron chi connectivity index (χ3n) is 2.47. The van der Waals surface area contributed by atoms with Gasteiger partial charge in [-0.25, -0.2) is 0 Å². The molecule has 0 spiro atoms. The molecule has 21 heavy (non-hydrogen) atoms. The summed E-state index contributed by atoms with van der Waals surface area (Å²) in [5.41, 5.74) is -0.0206. The van der Waals surface area contributed by atoms with Gasteiger partial charge in [0.1, 0.15) is 41.6 Å². The van der Waals surface area contributed by atoms with Crippen LogP contribution in [0.5, 0.6) is 5.75 Å². The molecular formula is C15H8BrClN2O2. The predicted octanol–water partition coefficient (Wildman–Crippen LogP) is 4.71. The molecule has 2 rings (SSSR count). The Morgan fingerprint density at radius 3 is 2.71 bits per heavy atom. The Hall–Kier alpha value is -2.21. The van der Waals surface area contributed by atoms with E-state index in [2.05, 4.69) is 15.9 Å². The van der Waals surface area contributed by atoms with Crippen LogP contribution in [0, 0.1) is 22.7 Å². The van der Waals surface area contributed by atoms with E-state index in [9.17, 15) is 0 Å². The topological polar surface area (TPSA) is 70.0 Å². The first-order valence-corrected chi connectivity index (χ1v) is 6.98. The first-order valence-electron chi connectivity index (χ1n) is 5.81. The highest BCUT2D eigenvalue weighted by Crippen LogP contribution is 2.28. The average molecular weight is 364 g/mol. The zero-order chi connectivity index (χ0) is 15.2. The Morgan fingerprint density at radius 1 is 1.29 bits per heavy atom. The summed E-state index contributed by atoms with van der Waals surface area (Å²) >= 11 is 9.35. The van der Waals surface area contributed by atoms with Crippen LogP contribution in [0.2, 0.25) is 5.02 Å². The van der Waals surface area contributed by atoms with Crippen LogP contribution in [-0.4, -0.2) is 0 Å². The molecule has 6 heteroatoms. The van der Waals surface area contributed by atoms with Crippen molar-refractivity contribution in [2.75, 3.05) is 0 Å². The van der Waals surface area contributed by atoms with Gasteiger partial charge in [-0.2, -0.15) is 10.5 Å². The summed E-state index contributed by atoms with van der Waals surface area (Å²) in [6, 6.07) is 12.2. The van der Waals surface area contributed by atoms with Crippen molar-refractivity contribution in [1.29, 1.82) is 10.5 Å². The van der Waals surface area contributed by atoms with Crippen LogP contribution in [0.1, 0.15) is 11.5 Å². The zero-order valence-electron chi connectivity index (χ0n) is 10.6. The lowest BCUT2D eigenvalue weighted by atomic mass is 10.3. The van der Waals surface area contributed by atoms with Gasteiger partial charge in [-0.1, -0.05) is 27.5 Å². The smallest absolute Gasteiger partial charge is 0.146 e. The lowest BCUT2D eigenvalue weighted by Gasteiger charge is -2.06. The van der Waals surface area contributed by atoms with Crippen LogP contribution in [0.3, 0.4) is 0 Å². The summed E-state index contributed by atoms with van der Waals surface area (Å²) in [5, 5.41) is 17.8. The van der Waals surface area contributed by atoms with Crippen LogP contribution >= 0.6 is 27.5 Å². The van der Waals surface area contributed by atoms with E-state index < -0.39 is 0 Å². The van der Waals surface area contributed by atoms with Crippen molar-refractivity contribution in [3.05, 3.63) is 56.9 Å². The largest absolute Gasteiger partial charge is 0.484 e. The van der Waals surface area contributed by atoms with E-state index >= 15 is 0 Å². The third-order valence-corrected chi connectivity index (χ3v) is 3.26. The van der Waals surface area contributed by atoms with Crippen LogP contribution < -0.4 is 4.74 Å². The van der Waals surface area contributed by atoms with Crippen molar-refractivity contribution in [2.24, 2.45) is 0 Å². The molecule has 0 amide bonds. The maximum Gasteiger partial charge on any atom is 0.146 e. The second kappa shape index (κ2) is 6.99. The van der Waals surface area contributed by atoms with Crippen molar-refractivity contribution >= 4 is 33.6 Å². The Bertz CT molecular complexity index is 753. The molecule has 0 atom stereocenters. The molecule has 0 aliphatic rings.